The summed E-state index contributed by atoms with van der Waals surface area (Å²) in [6.45, 7) is 9.56. The maximum absolute atomic E-state index is 9.90. The van der Waals surface area contributed by atoms with Crippen molar-refractivity contribution in [3.05, 3.63) is 41.0 Å². The Labute approximate surface area is 230 Å². The van der Waals surface area contributed by atoms with Crippen LogP contribution in [0.3, 0.4) is 0 Å². The Morgan fingerprint density at radius 1 is 1.13 bits per heavy atom. The second-order valence-corrected chi connectivity index (χ2v) is 12.1. The lowest BCUT2D eigenvalue weighted by Gasteiger charge is -2.24. The van der Waals surface area contributed by atoms with Gasteiger partial charge in [0.15, 0.2) is 0 Å². The molecule has 0 amide bonds. The normalized spacial score (nSPS) is 21.1. The lowest BCUT2D eigenvalue weighted by Crippen LogP contribution is -2.26. The van der Waals surface area contributed by atoms with Gasteiger partial charge >= 0.3 is 0 Å². The van der Waals surface area contributed by atoms with Gasteiger partial charge in [-0.1, -0.05) is 58.1 Å². The van der Waals surface area contributed by atoms with Gasteiger partial charge in [-0.25, -0.2) is 0 Å². The van der Waals surface area contributed by atoms with Crippen LogP contribution in [0.5, 0.6) is 0 Å². The van der Waals surface area contributed by atoms with Crippen molar-refractivity contribution < 1.29 is 0 Å². The average molecular weight is 514 g/mol. The Bertz CT molecular complexity index is 1170. The van der Waals surface area contributed by atoms with Gasteiger partial charge in [0.1, 0.15) is 6.07 Å². The first kappa shape index (κ1) is 28.2. The Hall–Kier alpha value is -2.84. The fraction of sp³-hybridized carbons (Fsp3) is 0.576. The quantitative estimate of drug-likeness (QED) is 0.424. The van der Waals surface area contributed by atoms with Crippen LogP contribution in [0.2, 0.25) is 0 Å². The predicted octanol–water partition coefficient (Wildman–Crippen LogP) is 7.38. The molecule has 0 radical (unpaired) electrons. The van der Waals surface area contributed by atoms with E-state index in [1.165, 1.54) is 37.7 Å². The van der Waals surface area contributed by atoms with Crippen LogP contribution in [0.25, 0.3) is 11.1 Å². The molecule has 1 saturated carbocycles. The molecule has 2 aromatic rings. The number of fused-ring (bicyclic) bond motifs is 1. The number of rotatable bonds is 5. The summed E-state index contributed by atoms with van der Waals surface area (Å²) < 4.78 is 0. The molecular weight excluding hydrogens is 466 g/mol. The third kappa shape index (κ3) is 6.59. The number of hydrogen-bond acceptors (Lipinski definition) is 5. The number of anilines is 2. The zero-order chi connectivity index (χ0) is 27.2. The van der Waals surface area contributed by atoms with E-state index in [0.29, 0.717) is 23.1 Å². The molecule has 5 nitrogen and oxygen atoms in total. The lowest BCUT2D eigenvalue weighted by molar-refractivity contribution is 0.340. The van der Waals surface area contributed by atoms with Gasteiger partial charge in [0.05, 0.1) is 16.9 Å². The third-order valence-electron chi connectivity index (χ3n) is 8.69. The number of nitriles is 1. The van der Waals surface area contributed by atoms with Gasteiger partial charge in [-0.05, 0) is 86.9 Å². The highest BCUT2D eigenvalue weighted by atomic mass is 15.2. The molecule has 2 N–H and O–H groups in total. The summed E-state index contributed by atoms with van der Waals surface area (Å²) in [4.78, 5) is 9.33. The second kappa shape index (κ2) is 12.8. The van der Waals surface area contributed by atoms with E-state index < -0.39 is 0 Å². The van der Waals surface area contributed by atoms with E-state index in [4.69, 9.17) is 10.7 Å². The van der Waals surface area contributed by atoms with Crippen LogP contribution in [0.4, 0.5) is 17.1 Å². The molecule has 0 bridgehead atoms. The van der Waals surface area contributed by atoms with Crippen molar-refractivity contribution >= 4 is 23.3 Å². The summed E-state index contributed by atoms with van der Waals surface area (Å²) in [5.41, 5.74) is 14.2. The summed E-state index contributed by atoms with van der Waals surface area (Å²) in [6, 6.07) is 11.1. The average Bonchev–Trinajstić information content (AvgIpc) is 3.37. The SMILES string of the molecule is CC1CCCCC1.CCC1C=Nc2cc(-c3cc(N4CCC(CN(C)C)C4)c(C#N)c(C)c3N)ccc2C1. The molecule has 2 aromatic carbocycles. The number of nitrogen functional groups attached to an aromatic ring is 1. The van der Waals surface area contributed by atoms with Crippen LogP contribution in [0.15, 0.2) is 29.3 Å². The molecule has 2 heterocycles. The molecule has 1 aliphatic carbocycles. The zero-order valence-corrected chi connectivity index (χ0v) is 24.3. The Morgan fingerprint density at radius 3 is 2.53 bits per heavy atom. The Balaban J connectivity index is 0.000000417. The van der Waals surface area contributed by atoms with Crippen LogP contribution in [0.1, 0.15) is 75.5 Å². The molecule has 2 unspecified atom stereocenters. The molecule has 2 aliphatic heterocycles. The van der Waals surface area contributed by atoms with Crippen LogP contribution in [-0.4, -0.2) is 44.8 Å². The van der Waals surface area contributed by atoms with Crippen molar-refractivity contribution in [3.8, 4) is 17.2 Å². The van der Waals surface area contributed by atoms with Crippen LogP contribution in [-0.2, 0) is 6.42 Å². The molecule has 5 heteroatoms. The lowest BCUT2D eigenvalue weighted by atomic mass is 9.90. The molecule has 2 fully saturated rings. The molecule has 38 heavy (non-hydrogen) atoms. The second-order valence-electron chi connectivity index (χ2n) is 12.1. The topological polar surface area (TPSA) is 68.6 Å². The van der Waals surface area contributed by atoms with E-state index in [0.717, 1.165) is 72.9 Å². The standard InChI is InChI=1S/C26H33N5.C7H14/c1-5-18-10-21-7-6-20(11-24(21)29-14-18)22-12-25(23(13-27)17(2)26(22)28)31-9-8-19(16-31)15-30(3)4;1-7-5-3-2-4-6-7/h6-7,11-12,14,18-19H,5,8-10,15-16,28H2,1-4H3;7H,2-6H2,1H3. The van der Waals surface area contributed by atoms with E-state index in [9.17, 15) is 5.26 Å². The van der Waals surface area contributed by atoms with Crippen LogP contribution >= 0.6 is 0 Å². The Morgan fingerprint density at radius 2 is 1.89 bits per heavy atom. The van der Waals surface area contributed by atoms with Gasteiger partial charge in [0.2, 0.25) is 0 Å². The highest BCUT2D eigenvalue weighted by Gasteiger charge is 2.27. The first-order chi connectivity index (χ1) is 18.3. The van der Waals surface area contributed by atoms with Gasteiger partial charge in [-0.15, -0.1) is 0 Å². The molecule has 0 spiro atoms. The Kier molecular flexibility index (Phi) is 9.49. The van der Waals surface area contributed by atoms with Crippen molar-refractivity contribution in [1.29, 1.82) is 5.26 Å². The summed E-state index contributed by atoms with van der Waals surface area (Å²) in [7, 11) is 4.24. The number of benzene rings is 2. The van der Waals surface area contributed by atoms with Gasteiger partial charge < -0.3 is 15.5 Å². The summed E-state index contributed by atoms with van der Waals surface area (Å²) in [5.74, 6) is 2.18. The molecule has 0 aromatic heterocycles. The monoisotopic (exact) mass is 513 g/mol. The fourth-order valence-electron chi connectivity index (χ4n) is 6.26. The smallest absolute Gasteiger partial charge is 0.102 e. The summed E-state index contributed by atoms with van der Waals surface area (Å²) in [6.07, 6.45) is 12.8. The zero-order valence-electron chi connectivity index (χ0n) is 24.3. The van der Waals surface area contributed by atoms with Gasteiger partial charge in [0.25, 0.3) is 0 Å². The maximum Gasteiger partial charge on any atom is 0.102 e. The van der Waals surface area contributed by atoms with Crippen molar-refractivity contribution in [2.75, 3.05) is 44.4 Å². The molecule has 1 saturated heterocycles. The number of hydrogen-bond donors (Lipinski definition) is 1. The minimum atomic E-state index is 0.525. The van der Waals surface area contributed by atoms with E-state index in [1.54, 1.807) is 0 Å². The number of aliphatic imine (C=N–C) groups is 1. The van der Waals surface area contributed by atoms with Crippen molar-refractivity contribution in [2.45, 2.75) is 72.1 Å². The first-order valence-corrected chi connectivity index (χ1v) is 14.7. The van der Waals surface area contributed by atoms with E-state index in [1.807, 2.05) is 6.92 Å². The third-order valence-corrected chi connectivity index (χ3v) is 8.69. The van der Waals surface area contributed by atoms with Gasteiger partial charge in [-0.2, -0.15) is 5.26 Å². The molecule has 5 rings (SSSR count). The van der Waals surface area contributed by atoms with E-state index >= 15 is 0 Å². The highest BCUT2D eigenvalue weighted by Crippen LogP contribution is 2.40. The molecule has 204 valence electrons. The van der Waals surface area contributed by atoms with Crippen LogP contribution in [0, 0.1) is 36.0 Å². The molecule has 3 aliphatic rings. The van der Waals surface area contributed by atoms with Gasteiger partial charge in [-0.3, -0.25) is 4.99 Å². The summed E-state index contributed by atoms with van der Waals surface area (Å²) in [5, 5.41) is 9.90. The van der Waals surface area contributed by atoms with Crippen molar-refractivity contribution in [3.63, 3.8) is 0 Å². The van der Waals surface area contributed by atoms with Crippen LogP contribution < -0.4 is 10.6 Å². The van der Waals surface area contributed by atoms with Crippen molar-refractivity contribution in [2.24, 2.45) is 22.7 Å². The van der Waals surface area contributed by atoms with E-state index in [-0.39, 0.29) is 0 Å². The largest absolute Gasteiger partial charge is 0.398 e. The molecular formula is C33H47N5. The minimum Gasteiger partial charge on any atom is -0.398 e. The maximum atomic E-state index is 9.90. The molecule has 2 atom stereocenters. The predicted molar refractivity (Wildman–Crippen MR) is 163 cm³/mol. The summed E-state index contributed by atoms with van der Waals surface area (Å²) >= 11 is 0. The van der Waals surface area contributed by atoms with E-state index in [2.05, 4.69) is 74.3 Å². The number of nitrogens with zero attached hydrogens (tertiary/aromatic N) is 4. The first-order valence-electron chi connectivity index (χ1n) is 14.7. The van der Waals surface area contributed by atoms with Crippen molar-refractivity contribution in [1.82, 2.24) is 4.90 Å². The fourth-order valence-corrected chi connectivity index (χ4v) is 6.26. The minimum absolute atomic E-state index is 0.525. The van der Waals surface area contributed by atoms with Gasteiger partial charge in [0, 0.05) is 37.1 Å². The number of nitrogens with two attached hydrogens (primary N) is 1. The highest BCUT2D eigenvalue weighted by molar-refractivity contribution is 5.87.